The summed E-state index contributed by atoms with van der Waals surface area (Å²) in [6.07, 6.45) is 0.870. The quantitative estimate of drug-likeness (QED) is 0.464. The van der Waals surface area contributed by atoms with Gasteiger partial charge in [-0.2, -0.15) is 0 Å². The molecule has 9 heteroatoms. The lowest BCUT2D eigenvalue weighted by atomic mass is 10.0. The summed E-state index contributed by atoms with van der Waals surface area (Å²) < 4.78 is 5.16. The highest BCUT2D eigenvalue weighted by Gasteiger charge is 2.25. The van der Waals surface area contributed by atoms with Crippen LogP contribution in [0.5, 0.6) is 5.75 Å². The third-order valence-electron chi connectivity index (χ3n) is 4.82. The van der Waals surface area contributed by atoms with E-state index in [-0.39, 0.29) is 11.8 Å². The number of hydrogen-bond donors (Lipinski definition) is 3. The van der Waals surface area contributed by atoms with Gasteiger partial charge in [0, 0.05) is 11.3 Å². The van der Waals surface area contributed by atoms with Crippen molar-refractivity contribution in [2.75, 3.05) is 17.7 Å². The van der Waals surface area contributed by atoms with Gasteiger partial charge < -0.3 is 15.4 Å². The number of nitrogens with one attached hydrogen (secondary N) is 3. The number of hydrogen-bond acceptors (Lipinski definition) is 6. The van der Waals surface area contributed by atoms with Crippen molar-refractivity contribution in [2.24, 2.45) is 5.92 Å². The van der Waals surface area contributed by atoms with Crippen molar-refractivity contribution >= 4 is 34.1 Å². The van der Waals surface area contributed by atoms with Crippen molar-refractivity contribution < 1.29 is 14.3 Å². The molecule has 0 fully saturated rings. The Hall–Kier alpha value is -3.46. The molecule has 3 amide bonds. The fourth-order valence-corrected chi connectivity index (χ4v) is 3.77. The Labute approximate surface area is 191 Å². The predicted molar refractivity (Wildman–Crippen MR) is 127 cm³/mol. The summed E-state index contributed by atoms with van der Waals surface area (Å²) in [4.78, 5) is 25.3. The number of rotatable bonds is 8. The van der Waals surface area contributed by atoms with E-state index in [1.807, 2.05) is 69.3 Å². The molecule has 1 unspecified atom stereocenters. The molecule has 3 rings (SSSR count). The molecule has 1 atom stereocenters. The molecule has 3 aromatic rings. The Morgan fingerprint density at radius 1 is 1.06 bits per heavy atom. The van der Waals surface area contributed by atoms with Crippen molar-refractivity contribution in [3.8, 4) is 16.3 Å². The SMILES string of the molecule is CCc1cccc(NC(=O)NC(C(=O)Nc2nnc(-c3ccc(OC)cc3)s2)C(C)C)c1. The van der Waals surface area contributed by atoms with E-state index in [1.54, 1.807) is 7.11 Å². The zero-order valence-corrected chi connectivity index (χ0v) is 19.3. The van der Waals surface area contributed by atoms with Crippen LogP contribution in [0.3, 0.4) is 0 Å². The minimum Gasteiger partial charge on any atom is -0.497 e. The summed E-state index contributed by atoms with van der Waals surface area (Å²) in [5.74, 6) is 0.268. The molecule has 0 aliphatic rings. The summed E-state index contributed by atoms with van der Waals surface area (Å²) >= 11 is 1.26. The Bertz CT molecular complexity index is 1070. The zero-order valence-electron chi connectivity index (χ0n) is 18.5. The predicted octanol–water partition coefficient (Wildman–Crippen LogP) is 4.56. The van der Waals surface area contributed by atoms with Crippen LogP contribution in [0.1, 0.15) is 26.3 Å². The van der Waals surface area contributed by atoms with Gasteiger partial charge in [0.1, 0.15) is 16.8 Å². The van der Waals surface area contributed by atoms with Gasteiger partial charge in [0.15, 0.2) is 0 Å². The number of amides is 3. The van der Waals surface area contributed by atoms with E-state index in [1.165, 1.54) is 11.3 Å². The molecule has 32 heavy (non-hydrogen) atoms. The Balaban J connectivity index is 1.63. The number of carbonyl (C=O) groups is 2. The molecular weight excluding hydrogens is 426 g/mol. The normalized spacial score (nSPS) is 11.7. The van der Waals surface area contributed by atoms with Gasteiger partial charge in [0.25, 0.3) is 0 Å². The van der Waals surface area contributed by atoms with Gasteiger partial charge >= 0.3 is 6.03 Å². The van der Waals surface area contributed by atoms with E-state index < -0.39 is 12.1 Å². The number of carbonyl (C=O) groups excluding carboxylic acids is 2. The van der Waals surface area contributed by atoms with Crippen LogP contribution in [-0.4, -0.2) is 35.3 Å². The van der Waals surface area contributed by atoms with Crippen LogP contribution in [0.2, 0.25) is 0 Å². The summed E-state index contributed by atoms with van der Waals surface area (Å²) in [7, 11) is 1.61. The van der Waals surface area contributed by atoms with Gasteiger partial charge in [-0.1, -0.05) is 44.2 Å². The van der Waals surface area contributed by atoms with Gasteiger partial charge in [0.05, 0.1) is 7.11 Å². The molecule has 0 bridgehead atoms. The Kier molecular flexibility index (Phi) is 7.77. The Morgan fingerprint density at radius 3 is 2.47 bits per heavy atom. The second-order valence-corrected chi connectivity index (χ2v) is 8.48. The van der Waals surface area contributed by atoms with Crippen LogP contribution in [0.25, 0.3) is 10.6 Å². The third kappa shape index (κ3) is 6.04. The number of methoxy groups -OCH3 is 1. The van der Waals surface area contributed by atoms with E-state index in [0.29, 0.717) is 15.8 Å². The monoisotopic (exact) mass is 453 g/mol. The molecule has 2 aromatic carbocycles. The smallest absolute Gasteiger partial charge is 0.319 e. The van der Waals surface area contributed by atoms with Crippen molar-refractivity contribution in [3.05, 3.63) is 54.1 Å². The van der Waals surface area contributed by atoms with E-state index in [4.69, 9.17) is 4.74 Å². The molecular formula is C23H27N5O3S. The molecule has 8 nitrogen and oxygen atoms in total. The van der Waals surface area contributed by atoms with Crippen molar-refractivity contribution in [3.63, 3.8) is 0 Å². The van der Waals surface area contributed by atoms with Crippen molar-refractivity contribution in [1.29, 1.82) is 0 Å². The number of nitrogens with zero attached hydrogens (tertiary/aromatic N) is 2. The molecule has 0 aliphatic heterocycles. The minimum absolute atomic E-state index is 0.128. The number of aromatic nitrogens is 2. The van der Waals surface area contributed by atoms with Gasteiger partial charge in [0.2, 0.25) is 11.0 Å². The maximum absolute atomic E-state index is 12.8. The van der Waals surface area contributed by atoms with E-state index in [0.717, 1.165) is 23.3 Å². The maximum Gasteiger partial charge on any atom is 0.319 e. The topological polar surface area (TPSA) is 105 Å². The fraction of sp³-hybridized carbons (Fsp3) is 0.304. The number of urea groups is 1. The number of ether oxygens (including phenoxy) is 1. The largest absolute Gasteiger partial charge is 0.497 e. The maximum atomic E-state index is 12.8. The highest BCUT2D eigenvalue weighted by Crippen LogP contribution is 2.28. The lowest BCUT2D eigenvalue weighted by Gasteiger charge is -2.21. The van der Waals surface area contributed by atoms with E-state index >= 15 is 0 Å². The average Bonchev–Trinajstić information content (AvgIpc) is 3.25. The van der Waals surface area contributed by atoms with Crippen LogP contribution in [0.4, 0.5) is 15.6 Å². The van der Waals surface area contributed by atoms with Crippen molar-refractivity contribution in [1.82, 2.24) is 15.5 Å². The average molecular weight is 454 g/mol. The second-order valence-electron chi connectivity index (χ2n) is 7.50. The molecule has 0 spiro atoms. The first-order valence-corrected chi connectivity index (χ1v) is 11.2. The van der Waals surface area contributed by atoms with Gasteiger partial charge in [-0.25, -0.2) is 4.79 Å². The second kappa shape index (κ2) is 10.7. The molecule has 0 aliphatic carbocycles. The van der Waals surface area contributed by atoms with Gasteiger partial charge in [-0.05, 0) is 54.3 Å². The molecule has 0 saturated carbocycles. The number of benzene rings is 2. The first kappa shape index (κ1) is 23.2. The first-order valence-electron chi connectivity index (χ1n) is 10.3. The summed E-state index contributed by atoms with van der Waals surface area (Å²) in [6.45, 7) is 5.78. The number of aryl methyl sites for hydroxylation is 1. The van der Waals surface area contributed by atoms with Crippen LogP contribution >= 0.6 is 11.3 Å². The molecule has 0 radical (unpaired) electrons. The lowest BCUT2D eigenvalue weighted by molar-refractivity contribution is -0.118. The van der Waals surface area contributed by atoms with Gasteiger partial charge in [-0.15, -0.1) is 10.2 Å². The standard InChI is InChI=1S/C23H27N5O3S/c1-5-15-7-6-8-17(13-15)24-22(30)25-19(14(2)3)20(29)26-23-28-27-21(32-23)16-9-11-18(31-4)12-10-16/h6-14,19H,5H2,1-4H3,(H2,24,25,30)(H,26,28,29). The number of anilines is 2. The molecule has 1 aromatic heterocycles. The van der Waals surface area contributed by atoms with E-state index in [2.05, 4.69) is 26.1 Å². The van der Waals surface area contributed by atoms with Crippen LogP contribution in [0, 0.1) is 5.92 Å². The molecule has 0 saturated heterocycles. The highest BCUT2D eigenvalue weighted by atomic mass is 32.1. The summed E-state index contributed by atoms with van der Waals surface area (Å²) in [5.41, 5.74) is 2.67. The van der Waals surface area contributed by atoms with Gasteiger partial charge in [-0.3, -0.25) is 10.1 Å². The van der Waals surface area contributed by atoms with Crippen molar-refractivity contribution in [2.45, 2.75) is 33.2 Å². The third-order valence-corrected chi connectivity index (χ3v) is 5.71. The van der Waals surface area contributed by atoms with E-state index in [9.17, 15) is 9.59 Å². The molecule has 168 valence electrons. The van der Waals surface area contributed by atoms with Crippen LogP contribution < -0.4 is 20.7 Å². The minimum atomic E-state index is -0.738. The lowest BCUT2D eigenvalue weighted by Crippen LogP contribution is -2.48. The fourth-order valence-electron chi connectivity index (χ4n) is 3.02. The summed E-state index contributed by atoms with van der Waals surface area (Å²) in [5, 5.41) is 17.5. The first-order chi connectivity index (χ1) is 15.4. The molecule has 1 heterocycles. The molecule has 3 N–H and O–H groups in total. The summed E-state index contributed by atoms with van der Waals surface area (Å²) in [6, 6.07) is 13.8. The highest BCUT2D eigenvalue weighted by molar-refractivity contribution is 7.18. The Morgan fingerprint density at radius 2 is 1.81 bits per heavy atom. The van der Waals surface area contributed by atoms with Crippen LogP contribution in [-0.2, 0) is 11.2 Å². The van der Waals surface area contributed by atoms with Crippen LogP contribution in [0.15, 0.2) is 48.5 Å². The zero-order chi connectivity index (χ0) is 23.1.